The molecule has 14 N–H and O–H groups in total. The van der Waals surface area contributed by atoms with Crippen molar-refractivity contribution in [3.05, 3.63) is 107 Å². The van der Waals surface area contributed by atoms with Gasteiger partial charge in [-0.15, -0.1) is 0 Å². The summed E-state index contributed by atoms with van der Waals surface area (Å²) in [5, 5.41) is 60.9. The summed E-state index contributed by atoms with van der Waals surface area (Å²) < 4.78 is 34.3. The van der Waals surface area contributed by atoms with E-state index in [0.29, 0.717) is 22.5 Å². The van der Waals surface area contributed by atoms with Crippen molar-refractivity contribution >= 4 is 70.9 Å². The molecule has 74 heavy (non-hydrogen) atoms. The third kappa shape index (κ3) is 20.6. The summed E-state index contributed by atoms with van der Waals surface area (Å²) in [7, 11) is 0. The maximum absolute atomic E-state index is 12.9. The Morgan fingerprint density at radius 3 is 1.18 bits per heavy atom. The lowest BCUT2D eigenvalue weighted by atomic mass is 10.1. The normalized spacial score (nSPS) is 11.4. The second-order valence-electron chi connectivity index (χ2n) is 15.6. The zero-order chi connectivity index (χ0) is 54.2. The number of carboxylic acids is 4. The number of aryl methyl sites for hydroxylation is 2. The highest BCUT2D eigenvalue weighted by Crippen LogP contribution is 2.29. The van der Waals surface area contributed by atoms with Gasteiger partial charge in [-0.3, -0.25) is 30.0 Å². The first-order chi connectivity index (χ1) is 35.3. The first-order valence-corrected chi connectivity index (χ1v) is 22.3. The molecule has 0 bridgehead atoms. The smallest absolute Gasteiger partial charge is 0.343 e. The van der Waals surface area contributed by atoms with Crippen molar-refractivity contribution in [2.45, 2.75) is 50.6 Å². The molecule has 2 atom stereocenters. The maximum Gasteiger partial charge on any atom is 0.343 e. The number of hydrogen-bond donors (Lipinski definition) is 12. The van der Waals surface area contributed by atoms with Crippen LogP contribution in [0.2, 0.25) is 0 Å². The van der Waals surface area contributed by atoms with Crippen LogP contribution >= 0.6 is 0 Å². The van der Waals surface area contributed by atoms with Crippen LogP contribution < -0.4 is 51.7 Å². The van der Waals surface area contributed by atoms with Crippen LogP contribution in [0.4, 0.5) is 11.4 Å². The van der Waals surface area contributed by atoms with Gasteiger partial charge in [-0.1, -0.05) is 12.1 Å². The number of rotatable bonds is 31. The molecule has 394 valence electrons. The Labute approximate surface area is 421 Å². The highest BCUT2D eigenvalue weighted by Gasteiger charge is 2.25. The summed E-state index contributed by atoms with van der Waals surface area (Å²) in [6.07, 6.45) is -2.13. The van der Waals surface area contributed by atoms with E-state index in [-0.39, 0.29) is 111 Å². The second-order valence-corrected chi connectivity index (χ2v) is 15.6. The van der Waals surface area contributed by atoms with Crippen molar-refractivity contribution in [2.24, 2.45) is 11.5 Å². The van der Waals surface area contributed by atoms with Crippen molar-refractivity contribution in [1.29, 1.82) is 10.8 Å². The number of ether oxygens (including phenoxy) is 6. The SMILES string of the molecule is N=C(N)Nc1ccc(C(=O)Oc2ccc(CCC(=O)N[C@H](CC(=O)O)C(=O)O)c(OCCOCCOCCOc3cc(OC(=O)c4ccc(NC(=N)N)cc4)ccc3CCC(=O)N[C@H](CC(=O)O)C(=O)O)c2)cc1. The van der Waals surface area contributed by atoms with Crippen molar-refractivity contribution in [3.8, 4) is 23.0 Å². The first kappa shape index (κ1) is 57.3. The molecule has 26 heteroatoms. The Morgan fingerprint density at radius 2 is 0.851 bits per heavy atom. The standard InChI is InChI=1S/C48H54N8O18/c49-47(50)53-31-9-1-29(2-10-31)45(67)73-33-13-5-27(7-15-39(57)55-35(43(63)64)25-41(59)60)37(23-33)71-21-19-69-17-18-70-20-22-72-38-24-34(74-46(68)30-3-11-32(12-4-30)54-48(51)52)14-6-28(38)8-16-40(58)56-36(44(65)66)26-42(61)62/h1-6,9-14,23-24,35-36H,7-8,15-22,25-26H2,(H,55,57)(H,56,58)(H,59,60)(H,61,62)(H,63,64)(H,65,66)(H4,49,50,53)(H4,51,52,54)/t35-,36-/m1/s1. The molecule has 4 aromatic rings. The minimum absolute atomic E-state index is 0.0147. The predicted molar refractivity (Wildman–Crippen MR) is 260 cm³/mol. The van der Waals surface area contributed by atoms with Gasteiger partial charge in [0.15, 0.2) is 11.9 Å². The Morgan fingerprint density at radius 1 is 0.500 bits per heavy atom. The molecule has 26 nitrogen and oxygen atoms in total. The number of amides is 2. The molecule has 0 fully saturated rings. The van der Waals surface area contributed by atoms with Crippen molar-refractivity contribution in [1.82, 2.24) is 10.6 Å². The van der Waals surface area contributed by atoms with E-state index >= 15 is 0 Å². The second kappa shape index (κ2) is 29.1. The Kier molecular flexibility index (Phi) is 22.6. The number of aliphatic carboxylic acids is 4. The maximum atomic E-state index is 12.9. The van der Waals surface area contributed by atoms with Crippen LogP contribution in [0.1, 0.15) is 57.5 Å². The van der Waals surface area contributed by atoms with Gasteiger partial charge in [-0.05, 0) is 84.6 Å². The molecule has 0 saturated heterocycles. The summed E-state index contributed by atoms with van der Waals surface area (Å²) in [4.78, 5) is 96.2. The number of hydrogen-bond acceptors (Lipinski definition) is 16. The van der Waals surface area contributed by atoms with E-state index in [1.54, 1.807) is 0 Å². The monoisotopic (exact) mass is 1030 g/mol. The van der Waals surface area contributed by atoms with Gasteiger partial charge in [0.2, 0.25) is 11.8 Å². The number of benzene rings is 4. The minimum Gasteiger partial charge on any atom is -0.491 e. The molecule has 0 aliphatic heterocycles. The molecule has 4 rings (SSSR count). The number of anilines is 2. The van der Waals surface area contributed by atoms with E-state index in [1.807, 2.05) is 0 Å². The average Bonchev–Trinajstić information content (AvgIpc) is 3.33. The number of carbonyl (C=O) groups is 8. The molecule has 0 unspecified atom stereocenters. The zero-order valence-electron chi connectivity index (χ0n) is 39.4. The fourth-order valence-corrected chi connectivity index (χ4v) is 6.42. The van der Waals surface area contributed by atoms with Crippen molar-refractivity contribution < 1.29 is 87.2 Å². The van der Waals surface area contributed by atoms with E-state index in [9.17, 15) is 48.6 Å². The third-order valence-electron chi connectivity index (χ3n) is 9.91. The van der Waals surface area contributed by atoms with E-state index < -0.39 is 72.6 Å². The summed E-state index contributed by atoms with van der Waals surface area (Å²) in [6, 6.07) is 17.4. The Balaban J connectivity index is 1.33. The lowest BCUT2D eigenvalue weighted by Gasteiger charge is -2.16. The predicted octanol–water partition coefficient (Wildman–Crippen LogP) is 2.18. The average molecular weight is 1030 g/mol. The minimum atomic E-state index is -1.65. The third-order valence-corrected chi connectivity index (χ3v) is 9.91. The summed E-state index contributed by atoms with van der Waals surface area (Å²) >= 11 is 0. The Hall–Kier alpha value is -9.30. The molecule has 0 spiro atoms. The van der Waals surface area contributed by atoms with Crippen molar-refractivity contribution in [2.75, 3.05) is 50.3 Å². The molecule has 0 saturated carbocycles. The van der Waals surface area contributed by atoms with Crippen LogP contribution in [0.15, 0.2) is 84.9 Å². The molecular weight excluding hydrogens is 977 g/mol. The zero-order valence-corrected chi connectivity index (χ0v) is 39.4. The molecule has 4 aromatic carbocycles. The highest BCUT2D eigenvalue weighted by molar-refractivity contribution is 5.95. The van der Waals surface area contributed by atoms with Crippen LogP contribution in [0.3, 0.4) is 0 Å². The van der Waals surface area contributed by atoms with Crippen LogP contribution in [-0.2, 0) is 51.1 Å². The number of carbonyl (C=O) groups excluding carboxylic acids is 4. The molecule has 0 aliphatic rings. The van der Waals surface area contributed by atoms with Gasteiger partial charge in [0.05, 0.1) is 50.4 Å². The summed E-state index contributed by atoms with van der Waals surface area (Å²) in [5.74, 6) is -8.83. The summed E-state index contributed by atoms with van der Waals surface area (Å²) in [6.45, 7) is 0.172. The van der Waals surface area contributed by atoms with E-state index in [1.165, 1.54) is 84.9 Å². The number of nitrogens with two attached hydrogens (primary N) is 2. The van der Waals surface area contributed by atoms with Gasteiger partial charge in [0.25, 0.3) is 0 Å². The number of esters is 2. The van der Waals surface area contributed by atoms with Crippen LogP contribution in [0.25, 0.3) is 0 Å². The lowest BCUT2D eigenvalue weighted by Crippen LogP contribution is -2.42. The van der Waals surface area contributed by atoms with E-state index in [0.717, 1.165) is 0 Å². The molecule has 0 heterocycles. The topological polar surface area (TPSA) is 421 Å². The molecule has 0 aromatic heterocycles. The van der Waals surface area contributed by atoms with Crippen LogP contribution in [0.5, 0.6) is 23.0 Å². The largest absolute Gasteiger partial charge is 0.491 e. The van der Waals surface area contributed by atoms with Gasteiger partial charge in [0, 0.05) is 36.3 Å². The van der Waals surface area contributed by atoms with Crippen LogP contribution in [0, 0.1) is 10.8 Å². The Bertz CT molecular complexity index is 2480. The quantitative estimate of drug-likeness (QED) is 0.0113. The lowest BCUT2D eigenvalue weighted by molar-refractivity contribution is -0.147. The number of carboxylic acid groups (broad SMARTS) is 4. The van der Waals surface area contributed by atoms with Gasteiger partial charge in [0.1, 0.15) is 48.3 Å². The summed E-state index contributed by atoms with van der Waals surface area (Å²) in [5.41, 5.74) is 12.9. The van der Waals surface area contributed by atoms with Gasteiger partial charge in [-0.2, -0.15) is 0 Å². The molecule has 0 radical (unpaired) electrons. The molecule has 0 aliphatic carbocycles. The van der Waals surface area contributed by atoms with Gasteiger partial charge in [-0.25, -0.2) is 19.2 Å². The fraction of sp³-hybridized carbons (Fsp3) is 0.292. The van der Waals surface area contributed by atoms with E-state index in [2.05, 4.69) is 21.3 Å². The molecular formula is C48H54N8O18. The van der Waals surface area contributed by atoms with Crippen molar-refractivity contribution in [3.63, 3.8) is 0 Å². The van der Waals surface area contributed by atoms with Gasteiger partial charge >= 0.3 is 35.8 Å². The van der Waals surface area contributed by atoms with E-state index in [4.69, 9.17) is 60.9 Å². The fourth-order valence-electron chi connectivity index (χ4n) is 6.42. The first-order valence-electron chi connectivity index (χ1n) is 22.3. The molecule has 2 amide bonds. The van der Waals surface area contributed by atoms with Gasteiger partial charge < -0.3 is 81.6 Å². The number of guanidine groups is 2. The number of nitrogens with one attached hydrogen (secondary N) is 6. The van der Waals surface area contributed by atoms with Crippen LogP contribution in [-0.4, -0.2) is 132 Å². The highest BCUT2D eigenvalue weighted by atomic mass is 16.6.